The second kappa shape index (κ2) is 4.99. The standard InChI is InChI=1S/C13H14BrNO3/c14-10-7-12(16)15(8-10)11-3-1-2-9(6-11)13-17-4-5-18-13/h1-3,6,10,13H,4-5,7-8H2. The predicted octanol–water partition coefficient (Wildman–Crippen LogP) is 2.23. The molecule has 5 heteroatoms. The van der Waals surface area contributed by atoms with Gasteiger partial charge in [0.05, 0.1) is 13.2 Å². The second-order valence-electron chi connectivity index (χ2n) is 4.47. The van der Waals surface area contributed by atoms with Crippen LogP contribution in [0, 0.1) is 0 Å². The van der Waals surface area contributed by atoms with Gasteiger partial charge in [0.1, 0.15) is 0 Å². The Morgan fingerprint density at radius 3 is 2.72 bits per heavy atom. The number of alkyl halides is 1. The van der Waals surface area contributed by atoms with Crippen molar-refractivity contribution < 1.29 is 14.3 Å². The van der Waals surface area contributed by atoms with E-state index in [1.54, 1.807) is 4.90 Å². The Balaban J connectivity index is 1.84. The number of carbonyl (C=O) groups excluding carboxylic acids is 1. The largest absolute Gasteiger partial charge is 0.346 e. The maximum atomic E-state index is 11.9. The number of ether oxygens (including phenoxy) is 2. The molecule has 0 saturated carbocycles. The summed E-state index contributed by atoms with van der Waals surface area (Å²) in [6.07, 6.45) is 0.267. The fourth-order valence-electron chi connectivity index (χ4n) is 2.30. The lowest BCUT2D eigenvalue weighted by Crippen LogP contribution is -2.24. The third kappa shape index (κ3) is 2.30. The van der Waals surface area contributed by atoms with Crippen LogP contribution in [-0.4, -0.2) is 30.5 Å². The van der Waals surface area contributed by atoms with Crippen LogP contribution in [0.3, 0.4) is 0 Å². The van der Waals surface area contributed by atoms with E-state index in [1.807, 2.05) is 24.3 Å². The summed E-state index contributed by atoms with van der Waals surface area (Å²) >= 11 is 3.49. The number of nitrogens with zero attached hydrogens (tertiary/aromatic N) is 1. The van der Waals surface area contributed by atoms with Crippen molar-refractivity contribution >= 4 is 27.5 Å². The highest BCUT2D eigenvalue weighted by molar-refractivity contribution is 9.09. The molecule has 2 aliphatic rings. The van der Waals surface area contributed by atoms with E-state index in [-0.39, 0.29) is 17.0 Å². The minimum Gasteiger partial charge on any atom is -0.346 e. The maximum absolute atomic E-state index is 11.9. The molecular formula is C13H14BrNO3. The zero-order chi connectivity index (χ0) is 12.5. The number of amides is 1. The molecule has 0 N–H and O–H groups in total. The minimum atomic E-state index is -0.289. The van der Waals surface area contributed by atoms with Crippen molar-refractivity contribution in [3.05, 3.63) is 29.8 Å². The SMILES string of the molecule is O=C1CC(Br)CN1c1cccc(C2OCCO2)c1. The van der Waals surface area contributed by atoms with Crippen molar-refractivity contribution in [2.24, 2.45) is 0 Å². The molecule has 1 aromatic rings. The van der Waals surface area contributed by atoms with E-state index in [0.717, 1.165) is 11.3 Å². The van der Waals surface area contributed by atoms with Gasteiger partial charge in [0.15, 0.2) is 6.29 Å². The molecule has 1 aromatic carbocycles. The Hall–Kier alpha value is -0.910. The number of benzene rings is 1. The van der Waals surface area contributed by atoms with Gasteiger partial charge in [-0.1, -0.05) is 28.1 Å². The summed E-state index contributed by atoms with van der Waals surface area (Å²) in [5.41, 5.74) is 1.88. The third-order valence-electron chi connectivity index (χ3n) is 3.15. The second-order valence-corrected chi connectivity index (χ2v) is 5.77. The van der Waals surface area contributed by atoms with Crippen LogP contribution in [0.25, 0.3) is 0 Å². The van der Waals surface area contributed by atoms with Gasteiger partial charge in [-0.15, -0.1) is 0 Å². The van der Waals surface area contributed by atoms with E-state index in [0.29, 0.717) is 26.2 Å². The molecule has 18 heavy (non-hydrogen) atoms. The Labute approximate surface area is 114 Å². The average Bonchev–Trinajstić information content (AvgIpc) is 2.99. The van der Waals surface area contributed by atoms with E-state index >= 15 is 0 Å². The van der Waals surface area contributed by atoms with E-state index in [4.69, 9.17) is 9.47 Å². The van der Waals surface area contributed by atoms with Gasteiger partial charge in [0.2, 0.25) is 5.91 Å². The van der Waals surface area contributed by atoms with E-state index in [9.17, 15) is 4.79 Å². The van der Waals surface area contributed by atoms with Crippen LogP contribution in [-0.2, 0) is 14.3 Å². The smallest absolute Gasteiger partial charge is 0.228 e. The number of anilines is 1. The lowest BCUT2D eigenvalue weighted by Gasteiger charge is -2.18. The Morgan fingerprint density at radius 1 is 1.28 bits per heavy atom. The average molecular weight is 312 g/mol. The molecule has 0 radical (unpaired) electrons. The Kier molecular flexibility index (Phi) is 3.37. The van der Waals surface area contributed by atoms with E-state index in [2.05, 4.69) is 15.9 Å². The van der Waals surface area contributed by atoms with E-state index in [1.165, 1.54) is 0 Å². The van der Waals surface area contributed by atoms with Crippen molar-refractivity contribution in [3.63, 3.8) is 0 Å². The van der Waals surface area contributed by atoms with Crippen LogP contribution in [0.15, 0.2) is 24.3 Å². The third-order valence-corrected chi connectivity index (χ3v) is 3.77. The quantitative estimate of drug-likeness (QED) is 0.786. The number of hydrogen-bond acceptors (Lipinski definition) is 3. The van der Waals surface area contributed by atoms with Crippen LogP contribution in [0.1, 0.15) is 18.3 Å². The summed E-state index contributed by atoms with van der Waals surface area (Å²) in [6.45, 7) is 1.97. The van der Waals surface area contributed by atoms with Crippen LogP contribution in [0.4, 0.5) is 5.69 Å². The van der Waals surface area contributed by atoms with Gasteiger partial charge in [0.25, 0.3) is 0 Å². The molecule has 3 rings (SSSR count). The molecule has 2 aliphatic heterocycles. The molecule has 0 spiro atoms. The summed E-state index contributed by atoms with van der Waals surface area (Å²) in [6, 6.07) is 7.82. The van der Waals surface area contributed by atoms with Gasteiger partial charge in [0, 0.05) is 29.0 Å². The van der Waals surface area contributed by atoms with E-state index < -0.39 is 0 Å². The molecular weight excluding hydrogens is 298 g/mol. The van der Waals surface area contributed by atoms with Gasteiger partial charge >= 0.3 is 0 Å². The highest BCUT2D eigenvalue weighted by Gasteiger charge is 2.29. The van der Waals surface area contributed by atoms with Crippen LogP contribution < -0.4 is 4.90 Å². The van der Waals surface area contributed by atoms with Crippen molar-refractivity contribution in [2.45, 2.75) is 17.5 Å². The first kappa shape index (κ1) is 12.1. The number of carbonyl (C=O) groups is 1. The van der Waals surface area contributed by atoms with Crippen LogP contribution in [0.5, 0.6) is 0 Å². The van der Waals surface area contributed by atoms with Crippen molar-refractivity contribution in [1.82, 2.24) is 0 Å². The number of rotatable bonds is 2. The summed E-state index contributed by atoms with van der Waals surface area (Å²) in [7, 11) is 0. The molecule has 1 unspecified atom stereocenters. The molecule has 0 aromatic heterocycles. The Bertz CT molecular complexity index is 459. The first-order valence-electron chi connectivity index (χ1n) is 6.01. The molecule has 4 nitrogen and oxygen atoms in total. The monoisotopic (exact) mass is 311 g/mol. The molecule has 96 valence electrons. The highest BCUT2D eigenvalue weighted by atomic mass is 79.9. The molecule has 2 fully saturated rings. The maximum Gasteiger partial charge on any atom is 0.228 e. The summed E-state index contributed by atoms with van der Waals surface area (Å²) in [5.74, 6) is 0.155. The zero-order valence-electron chi connectivity index (χ0n) is 9.84. The van der Waals surface area contributed by atoms with Gasteiger partial charge in [-0.2, -0.15) is 0 Å². The minimum absolute atomic E-state index is 0.155. The van der Waals surface area contributed by atoms with Gasteiger partial charge < -0.3 is 14.4 Å². The summed E-state index contributed by atoms with van der Waals surface area (Å²) in [5, 5.41) is 0. The fourth-order valence-corrected chi connectivity index (χ4v) is 2.87. The molecule has 0 bridgehead atoms. The first-order chi connectivity index (χ1) is 8.74. The van der Waals surface area contributed by atoms with Crippen molar-refractivity contribution in [3.8, 4) is 0 Å². The highest BCUT2D eigenvalue weighted by Crippen LogP contribution is 2.30. The molecule has 0 aliphatic carbocycles. The molecule has 2 heterocycles. The molecule has 1 atom stereocenters. The summed E-state index contributed by atoms with van der Waals surface area (Å²) in [4.78, 5) is 13.9. The van der Waals surface area contributed by atoms with Crippen molar-refractivity contribution in [2.75, 3.05) is 24.7 Å². The molecule has 1 amide bonds. The molecule has 2 saturated heterocycles. The number of hydrogen-bond donors (Lipinski definition) is 0. The number of halogens is 1. The lowest BCUT2D eigenvalue weighted by molar-refractivity contribution is -0.117. The van der Waals surface area contributed by atoms with Crippen LogP contribution >= 0.6 is 15.9 Å². The van der Waals surface area contributed by atoms with Crippen LogP contribution in [0.2, 0.25) is 0 Å². The summed E-state index contributed by atoms with van der Waals surface area (Å²) < 4.78 is 10.9. The Morgan fingerprint density at radius 2 is 2.06 bits per heavy atom. The van der Waals surface area contributed by atoms with Gasteiger partial charge in [-0.05, 0) is 12.1 Å². The first-order valence-corrected chi connectivity index (χ1v) is 6.93. The topological polar surface area (TPSA) is 38.8 Å². The normalized spacial score (nSPS) is 25.1. The van der Waals surface area contributed by atoms with Crippen molar-refractivity contribution in [1.29, 1.82) is 0 Å². The predicted molar refractivity (Wildman–Crippen MR) is 70.8 cm³/mol. The fraction of sp³-hybridized carbons (Fsp3) is 0.462. The van der Waals surface area contributed by atoms with Gasteiger partial charge in [-0.3, -0.25) is 4.79 Å². The van der Waals surface area contributed by atoms with Gasteiger partial charge in [-0.25, -0.2) is 0 Å². The lowest BCUT2D eigenvalue weighted by atomic mass is 10.2. The zero-order valence-corrected chi connectivity index (χ0v) is 11.4.